The van der Waals surface area contributed by atoms with Gasteiger partial charge in [0.1, 0.15) is 5.60 Å². The molecule has 1 aromatic rings. The zero-order valence-corrected chi connectivity index (χ0v) is 14.3. The summed E-state index contributed by atoms with van der Waals surface area (Å²) < 4.78 is 32.6. The van der Waals surface area contributed by atoms with Gasteiger partial charge in [0, 0.05) is 20.6 Å². The van der Waals surface area contributed by atoms with E-state index in [-0.39, 0.29) is 18.8 Å². The number of ether oxygens (including phenoxy) is 1. The highest BCUT2D eigenvalue weighted by Gasteiger charge is 2.38. The molecule has 22 heavy (non-hydrogen) atoms. The third-order valence-corrected chi connectivity index (χ3v) is 4.78. The van der Waals surface area contributed by atoms with Crippen LogP contribution in [-0.4, -0.2) is 26.8 Å². The average molecular weight is 330 g/mol. The molecule has 1 aromatic carbocycles. The molecule has 1 unspecified atom stereocenters. The Morgan fingerprint density at radius 2 is 1.77 bits per heavy atom. The van der Waals surface area contributed by atoms with E-state index in [1.807, 2.05) is 30.3 Å². The summed E-state index contributed by atoms with van der Waals surface area (Å²) in [6, 6.07) is 9.21. The predicted octanol–water partition coefficient (Wildman–Crippen LogP) is 3.66. The number of phosphoric acid groups is 1. The van der Waals surface area contributed by atoms with Crippen LogP contribution in [0.2, 0.25) is 0 Å². The third-order valence-electron chi connectivity index (χ3n) is 3.26. The Labute approximate surface area is 131 Å². The number of hydrogen-bond acceptors (Lipinski definition) is 6. The average Bonchev–Trinajstić information content (AvgIpc) is 2.54. The first-order chi connectivity index (χ1) is 10.4. The number of carbonyl (C=O) groups excluding carboxylic acids is 1. The zero-order valence-electron chi connectivity index (χ0n) is 13.4. The van der Waals surface area contributed by atoms with Crippen LogP contribution < -0.4 is 0 Å². The van der Waals surface area contributed by atoms with Gasteiger partial charge in [-0.15, -0.1) is 0 Å². The van der Waals surface area contributed by atoms with E-state index in [0.717, 1.165) is 5.56 Å². The maximum absolute atomic E-state index is 12.3. The fourth-order valence-electron chi connectivity index (χ4n) is 2.00. The molecule has 0 bridgehead atoms. The van der Waals surface area contributed by atoms with Gasteiger partial charge < -0.3 is 4.74 Å². The van der Waals surface area contributed by atoms with Gasteiger partial charge in [-0.3, -0.25) is 18.4 Å². The number of rotatable bonds is 9. The summed E-state index contributed by atoms with van der Waals surface area (Å²) in [4.78, 5) is 11.6. The standard InChI is InChI=1S/C15H23O6P/c1-5-20-14(16)11-12-15(2,13-9-7-6-8-10-13)21-22(17,18-3)19-4/h6-10H,5,11-12H2,1-4H3. The molecule has 0 aliphatic rings. The quantitative estimate of drug-likeness (QED) is 0.508. The summed E-state index contributed by atoms with van der Waals surface area (Å²) in [6.07, 6.45) is 0.416. The van der Waals surface area contributed by atoms with Crippen molar-refractivity contribution in [3.63, 3.8) is 0 Å². The van der Waals surface area contributed by atoms with Crippen molar-refractivity contribution in [1.82, 2.24) is 0 Å². The highest BCUT2D eigenvalue weighted by molar-refractivity contribution is 7.48. The molecule has 7 heteroatoms. The van der Waals surface area contributed by atoms with Gasteiger partial charge in [0.15, 0.2) is 0 Å². The first-order valence-corrected chi connectivity index (χ1v) is 8.48. The topological polar surface area (TPSA) is 71.1 Å². The van der Waals surface area contributed by atoms with Crippen molar-refractivity contribution in [3.05, 3.63) is 35.9 Å². The lowest BCUT2D eigenvalue weighted by Gasteiger charge is -2.32. The molecule has 0 saturated carbocycles. The van der Waals surface area contributed by atoms with Crippen LogP contribution in [0.1, 0.15) is 32.3 Å². The van der Waals surface area contributed by atoms with Gasteiger partial charge in [0.05, 0.1) is 6.61 Å². The minimum atomic E-state index is -3.70. The highest BCUT2D eigenvalue weighted by Crippen LogP contribution is 2.54. The summed E-state index contributed by atoms with van der Waals surface area (Å²) >= 11 is 0. The Morgan fingerprint density at radius 1 is 1.18 bits per heavy atom. The van der Waals surface area contributed by atoms with E-state index in [0.29, 0.717) is 6.61 Å². The first kappa shape index (κ1) is 18.8. The lowest BCUT2D eigenvalue weighted by atomic mass is 9.91. The fourth-order valence-corrected chi connectivity index (χ4v) is 2.99. The van der Waals surface area contributed by atoms with Crippen LogP contribution in [0, 0.1) is 0 Å². The van der Waals surface area contributed by atoms with Crippen molar-refractivity contribution in [3.8, 4) is 0 Å². The maximum atomic E-state index is 12.3. The fraction of sp³-hybridized carbons (Fsp3) is 0.533. The molecule has 0 aliphatic heterocycles. The summed E-state index contributed by atoms with van der Waals surface area (Å²) in [5, 5.41) is 0. The smallest absolute Gasteiger partial charge is 0.466 e. The van der Waals surface area contributed by atoms with Crippen molar-refractivity contribution < 1.29 is 27.7 Å². The van der Waals surface area contributed by atoms with Gasteiger partial charge in [-0.1, -0.05) is 30.3 Å². The summed E-state index contributed by atoms with van der Waals surface area (Å²) in [7, 11) is -1.19. The number of phosphoric ester groups is 1. The second-order valence-corrected chi connectivity index (χ2v) is 6.61. The van der Waals surface area contributed by atoms with Gasteiger partial charge in [0.2, 0.25) is 0 Å². The van der Waals surface area contributed by atoms with Crippen molar-refractivity contribution in [2.24, 2.45) is 0 Å². The van der Waals surface area contributed by atoms with E-state index >= 15 is 0 Å². The molecular weight excluding hydrogens is 307 g/mol. The molecule has 0 fully saturated rings. The molecule has 1 rings (SSSR count). The third kappa shape index (κ3) is 5.21. The largest absolute Gasteiger partial charge is 0.475 e. The second-order valence-electron chi connectivity index (χ2n) is 4.81. The number of esters is 1. The van der Waals surface area contributed by atoms with Crippen molar-refractivity contribution in [2.75, 3.05) is 20.8 Å². The normalized spacial score (nSPS) is 14.4. The van der Waals surface area contributed by atoms with Gasteiger partial charge >= 0.3 is 13.8 Å². The summed E-state index contributed by atoms with van der Waals surface area (Å²) in [6.45, 7) is 3.80. The number of hydrogen-bond donors (Lipinski definition) is 0. The van der Waals surface area contributed by atoms with Gasteiger partial charge in [-0.2, -0.15) is 0 Å². The molecule has 6 nitrogen and oxygen atoms in total. The van der Waals surface area contributed by atoms with Gasteiger partial charge in [-0.25, -0.2) is 4.57 Å². The van der Waals surface area contributed by atoms with Crippen LogP contribution >= 0.6 is 7.82 Å². The number of carbonyl (C=O) groups is 1. The van der Waals surface area contributed by atoms with E-state index in [1.54, 1.807) is 13.8 Å². The van der Waals surface area contributed by atoms with E-state index < -0.39 is 13.4 Å². The first-order valence-electron chi connectivity index (χ1n) is 7.02. The van der Waals surface area contributed by atoms with Crippen molar-refractivity contribution >= 4 is 13.8 Å². The SMILES string of the molecule is CCOC(=O)CCC(C)(OP(=O)(OC)OC)c1ccccc1. The van der Waals surface area contributed by atoms with Gasteiger partial charge in [-0.05, 0) is 25.8 Å². The van der Waals surface area contributed by atoms with E-state index in [4.69, 9.17) is 18.3 Å². The van der Waals surface area contributed by atoms with Crippen LogP contribution in [0.3, 0.4) is 0 Å². The molecule has 0 amide bonds. The molecule has 124 valence electrons. The predicted molar refractivity (Wildman–Crippen MR) is 82.4 cm³/mol. The molecule has 0 heterocycles. The molecule has 0 N–H and O–H groups in total. The Balaban J connectivity index is 3.00. The van der Waals surface area contributed by atoms with Crippen LogP contribution in [0.5, 0.6) is 0 Å². The Kier molecular flexibility index (Phi) is 7.23. The second kappa shape index (κ2) is 8.44. The summed E-state index contributed by atoms with van der Waals surface area (Å²) in [5.41, 5.74) is -0.233. The molecule has 0 spiro atoms. The van der Waals surface area contributed by atoms with Gasteiger partial charge in [0.25, 0.3) is 0 Å². The monoisotopic (exact) mass is 330 g/mol. The highest BCUT2D eigenvalue weighted by atomic mass is 31.2. The molecule has 0 aliphatic carbocycles. The van der Waals surface area contributed by atoms with E-state index in [1.165, 1.54) is 14.2 Å². The van der Waals surface area contributed by atoms with Crippen LogP contribution in [0.4, 0.5) is 0 Å². The van der Waals surface area contributed by atoms with Crippen LogP contribution in [-0.2, 0) is 33.3 Å². The van der Waals surface area contributed by atoms with E-state index in [2.05, 4.69) is 0 Å². The molecule has 1 atom stereocenters. The Bertz CT molecular complexity index is 510. The molecule has 0 aromatic heterocycles. The van der Waals surface area contributed by atoms with Crippen LogP contribution in [0.25, 0.3) is 0 Å². The zero-order chi connectivity index (χ0) is 16.6. The Hall–Kier alpha value is -1.20. The van der Waals surface area contributed by atoms with Crippen molar-refractivity contribution in [1.29, 1.82) is 0 Å². The lowest BCUT2D eigenvalue weighted by molar-refractivity contribution is -0.144. The van der Waals surface area contributed by atoms with Crippen molar-refractivity contribution in [2.45, 2.75) is 32.3 Å². The molecule has 0 saturated heterocycles. The minimum Gasteiger partial charge on any atom is -0.466 e. The Morgan fingerprint density at radius 3 is 2.27 bits per heavy atom. The summed E-state index contributed by atoms with van der Waals surface area (Å²) in [5.74, 6) is -0.335. The number of benzene rings is 1. The molecular formula is C15H23O6P. The maximum Gasteiger partial charge on any atom is 0.475 e. The van der Waals surface area contributed by atoms with E-state index in [9.17, 15) is 9.36 Å². The molecule has 0 radical (unpaired) electrons. The lowest BCUT2D eigenvalue weighted by Crippen LogP contribution is -2.27. The van der Waals surface area contributed by atoms with Crippen LogP contribution in [0.15, 0.2) is 30.3 Å². The minimum absolute atomic E-state index is 0.132.